The maximum absolute atomic E-state index is 13.4. The van der Waals surface area contributed by atoms with E-state index in [2.05, 4.69) is 10.4 Å². The summed E-state index contributed by atoms with van der Waals surface area (Å²) in [6.45, 7) is 2.05. The lowest BCUT2D eigenvalue weighted by Crippen LogP contribution is -2.25. The summed E-state index contributed by atoms with van der Waals surface area (Å²) in [6, 6.07) is 5.31. The molecule has 2 heterocycles. The van der Waals surface area contributed by atoms with Crippen LogP contribution < -0.4 is 5.32 Å². The summed E-state index contributed by atoms with van der Waals surface area (Å²) < 4.78 is 46.7. The Balaban J connectivity index is 1.88. The monoisotopic (exact) mass is 339 g/mol. The first-order valence-electron chi connectivity index (χ1n) is 7.48. The van der Waals surface area contributed by atoms with Crippen molar-refractivity contribution in [1.29, 1.82) is 0 Å². The van der Waals surface area contributed by atoms with Crippen LogP contribution in [0.25, 0.3) is 5.69 Å². The molecule has 0 spiro atoms. The number of hydrogen-bond acceptors (Lipinski definition) is 3. The number of halogens is 3. The Bertz CT molecular complexity index is 729. The van der Waals surface area contributed by atoms with E-state index in [9.17, 15) is 18.0 Å². The summed E-state index contributed by atoms with van der Waals surface area (Å²) in [7, 11) is 0. The summed E-state index contributed by atoms with van der Waals surface area (Å²) in [5, 5.41) is 6.30. The highest BCUT2D eigenvalue weighted by Crippen LogP contribution is 2.36. The van der Waals surface area contributed by atoms with Gasteiger partial charge in [-0.1, -0.05) is 0 Å². The maximum Gasteiger partial charge on any atom is 0.418 e. The summed E-state index contributed by atoms with van der Waals surface area (Å²) >= 11 is 0. The van der Waals surface area contributed by atoms with Crippen molar-refractivity contribution in [2.45, 2.75) is 25.6 Å². The van der Waals surface area contributed by atoms with Gasteiger partial charge in [0, 0.05) is 12.4 Å². The number of nitrogens with one attached hydrogen (secondary N) is 1. The van der Waals surface area contributed by atoms with Gasteiger partial charge >= 0.3 is 6.18 Å². The second-order valence-corrected chi connectivity index (χ2v) is 5.74. The lowest BCUT2D eigenvalue weighted by Gasteiger charge is -2.17. The minimum absolute atomic E-state index is 0.0648. The van der Waals surface area contributed by atoms with Crippen molar-refractivity contribution < 1.29 is 22.7 Å². The molecule has 1 amide bonds. The van der Waals surface area contributed by atoms with Gasteiger partial charge in [-0.25, -0.2) is 4.68 Å². The molecule has 24 heavy (non-hydrogen) atoms. The highest BCUT2D eigenvalue weighted by Gasteiger charge is 2.36. The average Bonchev–Trinajstić information content (AvgIpc) is 3.18. The third-order valence-corrected chi connectivity index (χ3v) is 3.90. The fourth-order valence-corrected chi connectivity index (χ4v) is 2.67. The zero-order chi connectivity index (χ0) is 17.3. The zero-order valence-corrected chi connectivity index (χ0v) is 12.9. The van der Waals surface area contributed by atoms with Crippen LogP contribution in [-0.4, -0.2) is 28.4 Å². The average molecular weight is 339 g/mol. The van der Waals surface area contributed by atoms with E-state index in [0.717, 1.165) is 6.07 Å². The van der Waals surface area contributed by atoms with E-state index in [0.29, 0.717) is 6.42 Å². The third-order valence-electron chi connectivity index (χ3n) is 3.90. The van der Waals surface area contributed by atoms with Gasteiger partial charge in [-0.3, -0.25) is 4.79 Å². The Kier molecular flexibility index (Phi) is 4.31. The number of hydrogen-bond donors (Lipinski definition) is 1. The lowest BCUT2D eigenvalue weighted by atomic mass is 10.0. The summed E-state index contributed by atoms with van der Waals surface area (Å²) in [5.74, 6) is -0.899. The Morgan fingerprint density at radius 3 is 2.79 bits per heavy atom. The van der Waals surface area contributed by atoms with E-state index < -0.39 is 23.6 Å². The number of ether oxygens (including phenoxy) is 1. The lowest BCUT2D eigenvalue weighted by molar-refractivity contribution is -0.137. The van der Waals surface area contributed by atoms with Crippen LogP contribution in [0, 0.1) is 5.92 Å². The number of rotatable bonds is 3. The van der Waals surface area contributed by atoms with Gasteiger partial charge in [0.1, 0.15) is 0 Å². The van der Waals surface area contributed by atoms with E-state index in [1.807, 2.05) is 6.92 Å². The Morgan fingerprint density at radius 2 is 2.21 bits per heavy atom. The van der Waals surface area contributed by atoms with Crippen LogP contribution in [0.3, 0.4) is 0 Å². The minimum Gasteiger partial charge on any atom is -0.378 e. The van der Waals surface area contributed by atoms with Gasteiger partial charge in [-0.15, -0.1) is 0 Å². The smallest absolute Gasteiger partial charge is 0.378 e. The van der Waals surface area contributed by atoms with E-state index in [1.165, 1.54) is 23.0 Å². The van der Waals surface area contributed by atoms with Crippen molar-refractivity contribution in [3.8, 4) is 5.69 Å². The molecule has 1 N–H and O–H groups in total. The van der Waals surface area contributed by atoms with Crippen molar-refractivity contribution >= 4 is 11.6 Å². The molecule has 0 aliphatic carbocycles. The highest BCUT2D eigenvalue weighted by atomic mass is 19.4. The maximum atomic E-state index is 13.4. The Morgan fingerprint density at radius 1 is 1.42 bits per heavy atom. The fraction of sp³-hybridized carbons (Fsp3) is 0.375. The van der Waals surface area contributed by atoms with Crippen LogP contribution >= 0.6 is 0 Å². The van der Waals surface area contributed by atoms with Gasteiger partial charge in [0.15, 0.2) is 0 Å². The van der Waals surface area contributed by atoms with Gasteiger partial charge in [0.25, 0.3) is 0 Å². The predicted octanol–water partition coefficient (Wildman–Crippen LogP) is 3.25. The molecule has 0 unspecified atom stereocenters. The number of carbonyl (C=O) groups excluding carboxylic acids is 1. The van der Waals surface area contributed by atoms with Gasteiger partial charge in [0.2, 0.25) is 5.91 Å². The molecule has 0 radical (unpaired) electrons. The SMILES string of the molecule is C[C@@H]1C[C@@H](C(=O)Nc2ccc(-n3cccn3)cc2C(F)(F)F)CO1. The van der Waals surface area contributed by atoms with Crippen LogP contribution in [0.5, 0.6) is 0 Å². The van der Waals surface area contributed by atoms with Gasteiger partial charge in [-0.05, 0) is 37.6 Å². The van der Waals surface area contributed by atoms with E-state index in [-0.39, 0.29) is 24.1 Å². The van der Waals surface area contributed by atoms with E-state index in [1.54, 1.807) is 12.3 Å². The largest absolute Gasteiger partial charge is 0.418 e. The molecule has 8 heteroatoms. The van der Waals surface area contributed by atoms with E-state index in [4.69, 9.17) is 4.74 Å². The zero-order valence-electron chi connectivity index (χ0n) is 12.9. The topological polar surface area (TPSA) is 56.2 Å². The molecule has 1 aliphatic rings. The van der Waals surface area contributed by atoms with Crippen LogP contribution in [0.1, 0.15) is 18.9 Å². The molecule has 1 aromatic heterocycles. The number of carbonyl (C=O) groups is 1. The molecule has 1 fully saturated rings. The van der Waals surface area contributed by atoms with Crippen molar-refractivity contribution in [3.63, 3.8) is 0 Å². The van der Waals surface area contributed by atoms with Gasteiger partial charge < -0.3 is 10.1 Å². The first kappa shape index (κ1) is 16.5. The summed E-state index contributed by atoms with van der Waals surface area (Å²) in [4.78, 5) is 12.2. The molecular weight excluding hydrogens is 323 g/mol. The normalized spacial score (nSPS) is 21.0. The van der Waals surface area contributed by atoms with Crippen LogP contribution in [0.4, 0.5) is 18.9 Å². The van der Waals surface area contributed by atoms with Crippen molar-refractivity contribution in [3.05, 3.63) is 42.2 Å². The highest BCUT2D eigenvalue weighted by molar-refractivity contribution is 5.93. The molecule has 1 aliphatic heterocycles. The minimum atomic E-state index is -4.59. The molecule has 128 valence electrons. The Labute approximate surface area is 136 Å². The second kappa shape index (κ2) is 6.27. The number of nitrogens with zero attached hydrogens (tertiary/aromatic N) is 2. The van der Waals surface area contributed by atoms with Crippen LogP contribution in [0.15, 0.2) is 36.7 Å². The molecular formula is C16H16F3N3O2. The van der Waals surface area contributed by atoms with Gasteiger partial charge in [-0.2, -0.15) is 18.3 Å². The fourth-order valence-electron chi connectivity index (χ4n) is 2.67. The standard InChI is InChI=1S/C16H16F3N3O2/c1-10-7-11(9-24-10)15(23)21-14-4-3-12(22-6-2-5-20-22)8-13(14)16(17,18)19/h2-6,8,10-11H,7,9H2,1H3,(H,21,23)/t10-,11-/m1/s1. The molecule has 5 nitrogen and oxygen atoms in total. The van der Waals surface area contributed by atoms with E-state index >= 15 is 0 Å². The Hall–Kier alpha value is -2.35. The second-order valence-electron chi connectivity index (χ2n) is 5.74. The summed E-state index contributed by atoms with van der Waals surface area (Å²) in [6.07, 6.45) is -1.14. The predicted molar refractivity (Wildman–Crippen MR) is 80.7 cm³/mol. The van der Waals surface area contributed by atoms with Crippen LogP contribution in [-0.2, 0) is 15.7 Å². The number of amides is 1. The molecule has 3 rings (SSSR count). The quantitative estimate of drug-likeness (QED) is 0.934. The first-order chi connectivity index (χ1) is 11.3. The molecule has 2 atom stereocenters. The van der Waals surface area contributed by atoms with Gasteiger partial charge in [0.05, 0.1) is 35.6 Å². The number of aromatic nitrogens is 2. The number of alkyl halides is 3. The third kappa shape index (κ3) is 3.43. The van der Waals surface area contributed by atoms with Crippen molar-refractivity contribution in [2.24, 2.45) is 5.92 Å². The molecule has 1 aromatic carbocycles. The molecule has 2 aromatic rings. The van der Waals surface area contributed by atoms with Crippen molar-refractivity contribution in [2.75, 3.05) is 11.9 Å². The molecule has 1 saturated heterocycles. The number of anilines is 1. The molecule has 0 bridgehead atoms. The van der Waals surface area contributed by atoms with Crippen LogP contribution in [0.2, 0.25) is 0 Å². The number of benzene rings is 1. The first-order valence-corrected chi connectivity index (χ1v) is 7.48. The summed E-state index contributed by atoms with van der Waals surface area (Å²) in [5.41, 5.74) is -0.901. The van der Waals surface area contributed by atoms with Crippen molar-refractivity contribution in [1.82, 2.24) is 9.78 Å². The molecule has 0 saturated carbocycles.